The zero-order valence-corrected chi connectivity index (χ0v) is 20.1. The third-order valence-corrected chi connectivity index (χ3v) is 6.72. The van der Waals surface area contributed by atoms with Gasteiger partial charge in [-0.2, -0.15) is 8.75 Å². The van der Waals surface area contributed by atoms with Crippen molar-refractivity contribution in [2.24, 2.45) is 0 Å². The van der Waals surface area contributed by atoms with E-state index in [4.69, 9.17) is 9.47 Å². The summed E-state index contributed by atoms with van der Waals surface area (Å²) < 4.78 is 19.0. The fourth-order valence-corrected chi connectivity index (χ4v) is 4.89. The van der Waals surface area contributed by atoms with Crippen LogP contribution in [0.25, 0.3) is 11.0 Å². The molecule has 3 aromatic rings. The molecule has 2 aromatic carbocycles. The van der Waals surface area contributed by atoms with Gasteiger partial charge >= 0.3 is 0 Å². The number of imide groups is 1. The first-order chi connectivity index (χ1) is 16.4. The summed E-state index contributed by atoms with van der Waals surface area (Å²) in [6.45, 7) is 0.696. The van der Waals surface area contributed by atoms with E-state index >= 15 is 0 Å². The molecule has 0 saturated carbocycles. The van der Waals surface area contributed by atoms with Gasteiger partial charge in [0.1, 0.15) is 16.8 Å². The van der Waals surface area contributed by atoms with E-state index in [1.54, 1.807) is 36.2 Å². The average Bonchev–Trinajstić information content (AvgIpc) is 3.40. The first kappa shape index (κ1) is 23.8. The summed E-state index contributed by atoms with van der Waals surface area (Å²) in [5.41, 5.74) is 1.68. The van der Waals surface area contributed by atoms with Crippen LogP contribution in [0.15, 0.2) is 42.5 Å². The molecule has 2 heterocycles. The lowest BCUT2D eigenvalue weighted by molar-refractivity contribution is -0.143. The summed E-state index contributed by atoms with van der Waals surface area (Å²) in [5.74, 6) is -0.521. The van der Waals surface area contributed by atoms with Crippen LogP contribution >= 0.6 is 11.7 Å². The van der Waals surface area contributed by atoms with Crippen molar-refractivity contribution in [2.75, 3.05) is 34.4 Å². The first-order valence-corrected chi connectivity index (χ1v) is 11.5. The number of ether oxygens (including phenoxy) is 2. The Kier molecular flexibility index (Phi) is 6.90. The molecule has 0 spiro atoms. The van der Waals surface area contributed by atoms with Gasteiger partial charge < -0.3 is 14.4 Å². The molecule has 9 nitrogen and oxygen atoms in total. The fourth-order valence-electron chi connectivity index (χ4n) is 4.37. The Morgan fingerprint density at radius 2 is 1.91 bits per heavy atom. The number of methoxy groups -OCH3 is 2. The molecule has 1 atom stereocenters. The Morgan fingerprint density at radius 3 is 2.68 bits per heavy atom. The Morgan fingerprint density at radius 1 is 1.15 bits per heavy atom. The first-order valence-electron chi connectivity index (χ1n) is 10.8. The monoisotopic (exact) mass is 482 g/mol. The topological polar surface area (TPSA) is 102 Å². The van der Waals surface area contributed by atoms with Gasteiger partial charge in [0.25, 0.3) is 0 Å². The second-order valence-electron chi connectivity index (χ2n) is 8.32. The van der Waals surface area contributed by atoms with Crippen LogP contribution in [0.1, 0.15) is 24.0 Å². The van der Waals surface area contributed by atoms with Crippen molar-refractivity contribution in [3.63, 3.8) is 0 Å². The number of hydrogen-bond acceptors (Lipinski definition) is 8. The van der Waals surface area contributed by atoms with Gasteiger partial charge in [-0.05, 0) is 23.8 Å². The van der Waals surface area contributed by atoms with Crippen LogP contribution in [-0.4, -0.2) is 70.7 Å². The van der Waals surface area contributed by atoms with E-state index in [2.05, 4.69) is 8.75 Å². The van der Waals surface area contributed by atoms with Crippen molar-refractivity contribution < 1.29 is 23.9 Å². The summed E-state index contributed by atoms with van der Waals surface area (Å²) >= 11 is 1.14. The lowest BCUT2D eigenvalue weighted by Crippen LogP contribution is -2.43. The van der Waals surface area contributed by atoms with E-state index in [0.29, 0.717) is 17.9 Å². The molecule has 34 heavy (non-hydrogen) atoms. The number of likely N-dealkylation sites (tertiary alicyclic amines) is 1. The molecule has 0 N–H and O–H groups in total. The van der Waals surface area contributed by atoms with Gasteiger partial charge in [-0.3, -0.25) is 19.3 Å². The highest BCUT2D eigenvalue weighted by Crippen LogP contribution is 2.44. The molecule has 1 unspecified atom stereocenters. The molecule has 0 radical (unpaired) electrons. The van der Waals surface area contributed by atoms with Crippen molar-refractivity contribution in [2.45, 2.75) is 24.8 Å². The van der Waals surface area contributed by atoms with Gasteiger partial charge in [0.05, 0.1) is 37.4 Å². The molecule has 3 amide bonds. The Bertz CT molecular complexity index is 1230. The maximum atomic E-state index is 13.7. The van der Waals surface area contributed by atoms with Crippen LogP contribution in [0.5, 0.6) is 5.75 Å². The van der Waals surface area contributed by atoms with Crippen molar-refractivity contribution >= 4 is 40.5 Å². The molecule has 1 aromatic heterocycles. The van der Waals surface area contributed by atoms with Crippen LogP contribution in [0.4, 0.5) is 0 Å². The second kappa shape index (κ2) is 9.86. The van der Waals surface area contributed by atoms with E-state index in [0.717, 1.165) is 28.3 Å². The number of carbonyl (C=O) groups is 3. The molecule has 1 aliphatic rings. The van der Waals surface area contributed by atoms with Crippen LogP contribution in [0.3, 0.4) is 0 Å². The van der Waals surface area contributed by atoms with Crippen LogP contribution < -0.4 is 4.74 Å². The molecular formula is C24H26N4O5S. The summed E-state index contributed by atoms with van der Waals surface area (Å²) in [6, 6.07) is 12.7. The van der Waals surface area contributed by atoms with Crippen molar-refractivity contribution in [1.29, 1.82) is 0 Å². The predicted molar refractivity (Wildman–Crippen MR) is 126 cm³/mol. The largest absolute Gasteiger partial charge is 0.496 e. The standard InChI is InChI=1S/C24H26N4O5S/c1-27(15-16-8-9-18-19(12-16)26-34-25-18)21(29)13-24(17-6-4-5-7-20(17)33-3)14-22(30)28(23(24)31)10-11-32-2/h4-9,12H,10-11,13-15H2,1-3H3. The Hall–Kier alpha value is -3.37. The zero-order valence-electron chi connectivity index (χ0n) is 19.3. The second-order valence-corrected chi connectivity index (χ2v) is 8.84. The van der Waals surface area contributed by atoms with Crippen molar-refractivity contribution in [1.82, 2.24) is 18.5 Å². The minimum absolute atomic E-state index is 0.105. The summed E-state index contributed by atoms with van der Waals surface area (Å²) in [5, 5.41) is 0. The van der Waals surface area contributed by atoms with Crippen LogP contribution in [0, 0.1) is 0 Å². The molecular weight excluding hydrogens is 456 g/mol. The van der Waals surface area contributed by atoms with Crippen molar-refractivity contribution in [3.05, 3.63) is 53.6 Å². The van der Waals surface area contributed by atoms with E-state index in [1.165, 1.54) is 19.1 Å². The normalized spacial score (nSPS) is 18.0. The van der Waals surface area contributed by atoms with Gasteiger partial charge in [0.2, 0.25) is 17.7 Å². The lowest BCUT2D eigenvalue weighted by atomic mass is 9.75. The van der Waals surface area contributed by atoms with Gasteiger partial charge in [-0.25, -0.2) is 0 Å². The molecule has 10 heteroatoms. The summed E-state index contributed by atoms with van der Waals surface area (Å²) in [7, 11) is 4.70. The highest BCUT2D eigenvalue weighted by Gasteiger charge is 2.55. The number of hydrogen-bond donors (Lipinski definition) is 0. The number of rotatable bonds is 9. The maximum Gasteiger partial charge on any atom is 0.241 e. The van der Waals surface area contributed by atoms with Gasteiger partial charge in [0.15, 0.2) is 0 Å². The number of carbonyl (C=O) groups excluding carboxylic acids is 3. The SMILES string of the molecule is COCCN1C(=O)CC(CC(=O)N(C)Cc2ccc3nsnc3c2)(c2ccccc2OC)C1=O. The van der Waals surface area contributed by atoms with E-state index in [1.807, 2.05) is 18.2 Å². The number of benzene rings is 2. The van der Waals surface area contributed by atoms with Gasteiger partial charge in [0, 0.05) is 39.1 Å². The number of aromatic nitrogens is 2. The molecule has 1 saturated heterocycles. The molecule has 4 rings (SSSR count). The number of fused-ring (bicyclic) bond motifs is 1. The molecule has 1 fully saturated rings. The highest BCUT2D eigenvalue weighted by molar-refractivity contribution is 7.00. The minimum Gasteiger partial charge on any atom is -0.496 e. The Balaban J connectivity index is 1.63. The summed E-state index contributed by atoms with van der Waals surface area (Å²) in [6.07, 6.45) is -0.260. The summed E-state index contributed by atoms with van der Waals surface area (Å²) in [4.78, 5) is 42.7. The molecule has 0 bridgehead atoms. The smallest absolute Gasteiger partial charge is 0.241 e. The predicted octanol–water partition coefficient (Wildman–Crippen LogP) is 2.39. The van der Waals surface area contributed by atoms with E-state index in [-0.39, 0.29) is 37.8 Å². The van der Waals surface area contributed by atoms with E-state index < -0.39 is 11.3 Å². The van der Waals surface area contributed by atoms with E-state index in [9.17, 15) is 14.4 Å². The van der Waals surface area contributed by atoms with Crippen LogP contribution in [-0.2, 0) is 31.1 Å². The third kappa shape index (κ3) is 4.38. The zero-order chi connectivity index (χ0) is 24.3. The van der Waals surface area contributed by atoms with Gasteiger partial charge in [-0.1, -0.05) is 24.3 Å². The Labute approximate surface area is 201 Å². The lowest BCUT2D eigenvalue weighted by Gasteiger charge is -2.30. The molecule has 178 valence electrons. The fraction of sp³-hybridized carbons (Fsp3) is 0.375. The maximum absolute atomic E-state index is 13.7. The molecule has 0 aliphatic carbocycles. The van der Waals surface area contributed by atoms with Gasteiger partial charge in [-0.15, -0.1) is 0 Å². The minimum atomic E-state index is -1.34. The third-order valence-electron chi connectivity index (χ3n) is 6.17. The number of amides is 3. The van der Waals surface area contributed by atoms with Crippen molar-refractivity contribution in [3.8, 4) is 5.75 Å². The van der Waals surface area contributed by atoms with Crippen LogP contribution in [0.2, 0.25) is 0 Å². The highest BCUT2D eigenvalue weighted by atomic mass is 32.1. The quantitative estimate of drug-likeness (QED) is 0.432. The molecule has 1 aliphatic heterocycles. The number of nitrogens with zero attached hydrogens (tertiary/aromatic N) is 4. The average molecular weight is 483 g/mol. The number of para-hydroxylation sites is 1.